The number of rotatable bonds is 3. The van der Waals surface area contributed by atoms with Gasteiger partial charge in [-0.25, -0.2) is 0 Å². The van der Waals surface area contributed by atoms with E-state index in [1.54, 1.807) is 6.07 Å². The molecular weight excluding hydrogens is 255 g/mol. The zero-order valence-corrected chi connectivity index (χ0v) is 9.92. The zero-order chi connectivity index (χ0) is 10.7. The molecule has 0 aliphatic rings. The monoisotopic (exact) mass is 268 g/mol. The number of anilines is 1. The number of phenols is 1. The topological polar surface area (TPSA) is 110 Å². The Labute approximate surface area is 105 Å². The molecule has 0 radical (unpaired) electrons. The molecule has 0 amide bonds. The van der Waals surface area contributed by atoms with Gasteiger partial charge in [-0.2, -0.15) is 0 Å². The maximum absolute atomic E-state index is 10.4. The van der Waals surface area contributed by atoms with Crippen LogP contribution < -0.4 is 11.5 Å². The van der Waals surface area contributed by atoms with Crippen LogP contribution in [0.1, 0.15) is 5.56 Å². The van der Waals surface area contributed by atoms with Gasteiger partial charge in [0.05, 0.1) is 5.69 Å². The molecular formula is C9H14Cl2N2O3. The molecule has 0 spiro atoms. The van der Waals surface area contributed by atoms with Crippen molar-refractivity contribution in [2.75, 3.05) is 5.73 Å². The number of halogens is 2. The Morgan fingerprint density at radius 2 is 1.94 bits per heavy atom. The molecule has 1 aromatic carbocycles. The quantitative estimate of drug-likeness (QED) is 0.478. The van der Waals surface area contributed by atoms with E-state index < -0.39 is 12.0 Å². The van der Waals surface area contributed by atoms with E-state index in [0.717, 1.165) is 0 Å². The predicted molar refractivity (Wildman–Crippen MR) is 66.3 cm³/mol. The van der Waals surface area contributed by atoms with Gasteiger partial charge in [0, 0.05) is 0 Å². The summed E-state index contributed by atoms with van der Waals surface area (Å²) in [6.45, 7) is 0. The summed E-state index contributed by atoms with van der Waals surface area (Å²) < 4.78 is 0. The summed E-state index contributed by atoms with van der Waals surface area (Å²) in [5, 5.41) is 17.8. The number of aromatic hydroxyl groups is 1. The smallest absolute Gasteiger partial charge is 0.320 e. The highest BCUT2D eigenvalue weighted by atomic mass is 35.5. The van der Waals surface area contributed by atoms with Gasteiger partial charge in [0.1, 0.15) is 11.8 Å². The Kier molecular flexibility index (Phi) is 7.71. The molecule has 0 aromatic heterocycles. The van der Waals surface area contributed by atoms with Crippen molar-refractivity contribution in [3.05, 3.63) is 23.8 Å². The number of carbonyl (C=O) groups is 1. The van der Waals surface area contributed by atoms with Crippen LogP contribution in [-0.2, 0) is 11.2 Å². The average molecular weight is 269 g/mol. The molecule has 0 bridgehead atoms. The highest BCUT2D eigenvalue weighted by molar-refractivity contribution is 5.85. The Balaban J connectivity index is 0. The second-order valence-corrected chi connectivity index (χ2v) is 3.04. The first kappa shape index (κ1) is 17.2. The largest absolute Gasteiger partial charge is 0.506 e. The van der Waals surface area contributed by atoms with Crippen molar-refractivity contribution >= 4 is 36.5 Å². The number of nitrogens with two attached hydrogens (primary N) is 2. The fraction of sp³-hybridized carbons (Fsp3) is 0.222. The normalized spacial score (nSPS) is 10.8. The fourth-order valence-electron chi connectivity index (χ4n) is 1.06. The second-order valence-electron chi connectivity index (χ2n) is 3.04. The van der Waals surface area contributed by atoms with E-state index in [2.05, 4.69) is 0 Å². The first-order chi connectivity index (χ1) is 6.50. The predicted octanol–water partition coefficient (Wildman–Crippen LogP) is 0.772. The lowest BCUT2D eigenvalue weighted by molar-refractivity contribution is -0.138. The van der Waals surface area contributed by atoms with E-state index in [1.807, 2.05) is 0 Å². The first-order valence-electron chi connectivity index (χ1n) is 4.06. The van der Waals surface area contributed by atoms with E-state index in [4.69, 9.17) is 16.6 Å². The van der Waals surface area contributed by atoms with Gasteiger partial charge in [-0.15, -0.1) is 24.8 Å². The number of benzene rings is 1. The van der Waals surface area contributed by atoms with Crippen LogP contribution in [0, 0.1) is 0 Å². The Morgan fingerprint density at radius 3 is 2.38 bits per heavy atom. The highest BCUT2D eigenvalue weighted by Gasteiger charge is 2.12. The van der Waals surface area contributed by atoms with Gasteiger partial charge >= 0.3 is 5.97 Å². The third-order valence-corrected chi connectivity index (χ3v) is 1.87. The maximum atomic E-state index is 10.4. The average Bonchev–Trinajstić information content (AvgIpc) is 2.11. The minimum absolute atomic E-state index is 0. The zero-order valence-electron chi connectivity index (χ0n) is 8.29. The van der Waals surface area contributed by atoms with E-state index in [-0.39, 0.29) is 42.7 Å². The van der Waals surface area contributed by atoms with Crippen molar-refractivity contribution in [1.29, 1.82) is 0 Å². The lowest BCUT2D eigenvalue weighted by atomic mass is 10.1. The summed E-state index contributed by atoms with van der Waals surface area (Å²) in [4.78, 5) is 10.4. The van der Waals surface area contributed by atoms with Crippen molar-refractivity contribution in [1.82, 2.24) is 0 Å². The van der Waals surface area contributed by atoms with Gasteiger partial charge in [-0.3, -0.25) is 4.79 Å². The van der Waals surface area contributed by atoms with Gasteiger partial charge in [0.25, 0.3) is 0 Å². The van der Waals surface area contributed by atoms with Gasteiger partial charge in [-0.05, 0) is 24.1 Å². The molecule has 92 valence electrons. The van der Waals surface area contributed by atoms with E-state index in [9.17, 15) is 9.90 Å². The van der Waals surface area contributed by atoms with Crippen molar-refractivity contribution in [2.24, 2.45) is 5.73 Å². The van der Waals surface area contributed by atoms with Crippen molar-refractivity contribution in [3.63, 3.8) is 0 Å². The Bertz CT molecular complexity index is 361. The molecule has 6 N–H and O–H groups in total. The summed E-state index contributed by atoms with van der Waals surface area (Å²) in [6, 6.07) is 3.60. The molecule has 0 fully saturated rings. The van der Waals surface area contributed by atoms with E-state index >= 15 is 0 Å². The van der Waals surface area contributed by atoms with Crippen LogP contribution in [0.25, 0.3) is 0 Å². The third-order valence-electron chi connectivity index (χ3n) is 1.87. The summed E-state index contributed by atoms with van der Waals surface area (Å²) in [5.74, 6) is -1.12. The molecule has 7 heteroatoms. The van der Waals surface area contributed by atoms with Crippen molar-refractivity contribution in [2.45, 2.75) is 12.5 Å². The molecule has 0 aliphatic heterocycles. The second kappa shape index (κ2) is 7.16. The van der Waals surface area contributed by atoms with Gasteiger partial charge in [-0.1, -0.05) is 6.07 Å². The minimum Gasteiger partial charge on any atom is -0.506 e. The Morgan fingerprint density at radius 1 is 1.38 bits per heavy atom. The standard InChI is InChI=1S/C9H12N2O3.2ClH/c10-6-2-1-5(4-8(6)12)3-7(11)9(13)14;;/h1-2,4,7,12H,3,10-11H2,(H,13,14);2*1H/t7-;;/m0../s1. The summed E-state index contributed by atoms with van der Waals surface area (Å²) in [5.41, 5.74) is 11.6. The van der Waals surface area contributed by atoms with Crippen molar-refractivity contribution < 1.29 is 15.0 Å². The first-order valence-corrected chi connectivity index (χ1v) is 4.06. The van der Waals surface area contributed by atoms with E-state index in [0.29, 0.717) is 5.56 Å². The highest BCUT2D eigenvalue weighted by Crippen LogP contribution is 2.21. The molecule has 1 rings (SSSR count). The van der Waals surface area contributed by atoms with Gasteiger partial charge in [0.15, 0.2) is 0 Å². The molecule has 1 atom stereocenters. The summed E-state index contributed by atoms with van der Waals surface area (Å²) in [7, 11) is 0. The molecule has 0 unspecified atom stereocenters. The third kappa shape index (κ3) is 4.57. The SMILES string of the molecule is Cl.Cl.Nc1ccc(C[C@H](N)C(=O)O)cc1O. The lowest BCUT2D eigenvalue weighted by Crippen LogP contribution is -2.32. The minimum atomic E-state index is -1.07. The number of nitrogen functional groups attached to an aromatic ring is 1. The van der Waals surface area contributed by atoms with Crippen LogP contribution in [0.5, 0.6) is 5.75 Å². The summed E-state index contributed by atoms with van der Waals surface area (Å²) in [6.07, 6.45) is 0.170. The molecule has 5 nitrogen and oxygen atoms in total. The molecule has 0 heterocycles. The number of phenolic OH excluding ortho intramolecular Hbond substituents is 1. The number of carboxylic acid groups (broad SMARTS) is 1. The van der Waals surface area contributed by atoms with Gasteiger partial charge < -0.3 is 21.7 Å². The maximum Gasteiger partial charge on any atom is 0.320 e. The van der Waals surface area contributed by atoms with Crippen LogP contribution in [-0.4, -0.2) is 22.2 Å². The van der Waals surface area contributed by atoms with Crippen LogP contribution in [0.15, 0.2) is 18.2 Å². The molecule has 0 aliphatic carbocycles. The van der Waals surface area contributed by atoms with Crippen molar-refractivity contribution in [3.8, 4) is 5.75 Å². The van der Waals surface area contributed by atoms with Crippen LogP contribution >= 0.6 is 24.8 Å². The van der Waals surface area contributed by atoms with Gasteiger partial charge in [0.2, 0.25) is 0 Å². The molecule has 0 saturated heterocycles. The fourth-order valence-corrected chi connectivity index (χ4v) is 1.06. The van der Waals surface area contributed by atoms with Crippen LogP contribution in [0.2, 0.25) is 0 Å². The van der Waals surface area contributed by atoms with Crippen LogP contribution in [0.4, 0.5) is 5.69 Å². The molecule has 1 aromatic rings. The number of hydrogen-bond acceptors (Lipinski definition) is 4. The number of aliphatic carboxylic acids is 1. The number of hydrogen-bond donors (Lipinski definition) is 4. The lowest BCUT2D eigenvalue weighted by Gasteiger charge is -2.07. The summed E-state index contributed by atoms with van der Waals surface area (Å²) >= 11 is 0. The Hall–Kier alpha value is -1.17. The molecule has 0 saturated carbocycles. The number of carboxylic acids is 1. The van der Waals surface area contributed by atoms with Crippen LogP contribution in [0.3, 0.4) is 0 Å². The molecule has 16 heavy (non-hydrogen) atoms. The van der Waals surface area contributed by atoms with E-state index in [1.165, 1.54) is 12.1 Å².